The third-order valence-corrected chi connectivity index (χ3v) is 3.05. The van der Waals surface area contributed by atoms with Crippen molar-refractivity contribution in [3.05, 3.63) is 0 Å². The SMILES string of the molecule is CC1CCC(C(=O)NC2(C(=O)O)CC2)O1. The van der Waals surface area contributed by atoms with Crippen LogP contribution in [0.25, 0.3) is 0 Å². The molecule has 0 spiro atoms. The summed E-state index contributed by atoms with van der Waals surface area (Å²) in [5, 5.41) is 11.5. The van der Waals surface area contributed by atoms with Crippen LogP contribution in [0.2, 0.25) is 0 Å². The summed E-state index contributed by atoms with van der Waals surface area (Å²) in [5.41, 5.74) is -0.994. The largest absolute Gasteiger partial charge is 0.480 e. The third-order valence-electron chi connectivity index (χ3n) is 3.05. The normalized spacial score (nSPS) is 32.3. The lowest BCUT2D eigenvalue weighted by atomic mass is 10.2. The van der Waals surface area contributed by atoms with Gasteiger partial charge in [0.15, 0.2) is 0 Å². The molecule has 2 N–H and O–H groups in total. The fourth-order valence-corrected chi connectivity index (χ4v) is 1.83. The monoisotopic (exact) mass is 213 g/mol. The molecule has 2 unspecified atom stereocenters. The van der Waals surface area contributed by atoms with E-state index in [9.17, 15) is 9.59 Å². The van der Waals surface area contributed by atoms with Gasteiger partial charge in [-0.05, 0) is 32.6 Å². The Morgan fingerprint density at radius 3 is 2.47 bits per heavy atom. The second-order valence-electron chi connectivity index (χ2n) is 4.39. The number of carbonyl (C=O) groups excluding carboxylic acids is 1. The van der Waals surface area contributed by atoms with Crippen LogP contribution in [0, 0.1) is 0 Å². The number of hydrogen-bond donors (Lipinski definition) is 2. The molecule has 1 saturated carbocycles. The minimum atomic E-state index is -0.994. The first-order chi connectivity index (χ1) is 7.03. The van der Waals surface area contributed by atoms with Crippen LogP contribution in [0.4, 0.5) is 0 Å². The standard InChI is InChI=1S/C10H15NO4/c1-6-2-3-7(15-6)8(12)11-10(4-5-10)9(13)14/h6-7H,2-5H2,1H3,(H,11,12)(H,13,14). The van der Waals surface area contributed by atoms with E-state index in [1.165, 1.54) is 0 Å². The number of carbonyl (C=O) groups is 2. The first-order valence-corrected chi connectivity index (χ1v) is 5.24. The highest BCUT2D eigenvalue weighted by molar-refractivity contribution is 5.91. The molecule has 1 aliphatic carbocycles. The van der Waals surface area contributed by atoms with Crippen LogP contribution in [-0.2, 0) is 14.3 Å². The van der Waals surface area contributed by atoms with Crippen molar-refractivity contribution < 1.29 is 19.4 Å². The summed E-state index contributed by atoms with van der Waals surface area (Å²) in [4.78, 5) is 22.5. The molecular formula is C10H15NO4. The van der Waals surface area contributed by atoms with Crippen molar-refractivity contribution in [1.29, 1.82) is 0 Å². The Balaban J connectivity index is 1.90. The molecule has 0 aromatic heterocycles. The van der Waals surface area contributed by atoms with Gasteiger partial charge in [0.25, 0.3) is 0 Å². The van der Waals surface area contributed by atoms with Crippen LogP contribution >= 0.6 is 0 Å². The fraction of sp³-hybridized carbons (Fsp3) is 0.800. The van der Waals surface area contributed by atoms with E-state index in [0.717, 1.165) is 6.42 Å². The molecule has 0 aromatic rings. The van der Waals surface area contributed by atoms with Gasteiger partial charge in [-0.2, -0.15) is 0 Å². The summed E-state index contributed by atoms with van der Waals surface area (Å²) in [6, 6.07) is 0. The van der Waals surface area contributed by atoms with Gasteiger partial charge < -0.3 is 15.2 Å². The number of ether oxygens (including phenoxy) is 1. The van der Waals surface area contributed by atoms with E-state index < -0.39 is 17.6 Å². The lowest BCUT2D eigenvalue weighted by Gasteiger charge is -2.16. The second-order valence-corrected chi connectivity index (χ2v) is 4.39. The highest BCUT2D eigenvalue weighted by atomic mass is 16.5. The molecule has 84 valence electrons. The van der Waals surface area contributed by atoms with Gasteiger partial charge >= 0.3 is 5.97 Å². The molecule has 1 saturated heterocycles. The summed E-state index contributed by atoms with van der Waals surface area (Å²) >= 11 is 0. The van der Waals surface area contributed by atoms with Crippen LogP contribution in [0.15, 0.2) is 0 Å². The minimum absolute atomic E-state index is 0.0979. The predicted molar refractivity (Wildman–Crippen MR) is 51.3 cm³/mol. The molecule has 0 bridgehead atoms. The smallest absolute Gasteiger partial charge is 0.329 e. The van der Waals surface area contributed by atoms with Crippen LogP contribution in [-0.4, -0.2) is 34.7 Å². The maximum Gasteiger partial charge on any atom is 0.329 e. The fourth-order valence-electron chi connectivity index (χ4n) is 1.83. The molecule has 15 heavy (non-hydrogen) atoms. The van der Waals surface area contributed by atoms with E-state index in [0.29, 0.717) is 19.3 Å². The van der Waals surface area contributed by atoms with Crippen molar-refractivity contribution >= 4 is 11.9 Å². The maximum absolute atomic E-state index is 11.7. The van der Waals surface area contributed by atoms with Crippen molar-refractivity contribution in [3.8, 4) is 0 Å². The molecule has 2 atom stereocenters. The highest BCUT2D eigenvalue weighted by Crippen LogP contribution is 2.36. The Bertz CT molecular complexity index is 298. The van der Waals surface area contributed by atoms with Crippen molar-refractivity contribution in [3.63, 3.8) is 0 Å². The second kappa shape index (κ2) is 3.48. The maximum atomic E-state index is 11.7. The Morgan fingerprint density at radius 1 is 1.40 bits per heavy atom. The molecule has 2 aliphatic rings. The van der Waals surface area contributed by atoms with E-state index in [2.05, 4.69) is 5.32 Å². The van der Waals surface area contributed by atoms with E-state index >= 15 is 0 Å². The summed E-state index contributed by atoms with van der Waals surface area (Å²) in [7, 11) is 0. The lowest BCUT2D eigenvalue weighted by Crippen LogP contribution is -2.47. The van der Waals surface area contributed by atoms with Gasteiger partial charge in [-0.3, -0.25) is 4.79 Å². The summed E-state index contributed by atoms with van der Waals surface area (Å²) in [6.45, 7) is 1.91. The number of hydrogen-bond acceptors (Lipinski definition) is 3. The van der Waals surface area contributed by atoms with E-state index in [1.807, 2.05) is 6.92 Å². The van der Waals surface area contributed by atoms with Gasteiger partial charge in [0.2, 0.25) is 5.91 Å². The van der Waals surface area contributed by atoms with Gasteiger partial charge in [-0.25, -0.2) is 4.79 Å². The quantitative estimate of drug-likeness (QED) is 0.706. The Kier molecular flexibility index (Phi) is 2.42. The van der Waals surface area contributed by atoms with Crippen LogP contribution in [0.3, 0.4) is 0 Å². The average Bonchev–Trinajstić information content (AvgIpc) is 2.82. The zero-order valence-corrected chi connectivity index (χ0v) is 8.66. The average molecular weight is 213 g/mol. The summed E-state index contributed by atoms with van der Waals surface area (Å²) in [5.74, 6) is -1.22. The first-order valence-electron chi connectivity index (χ1n) is 5.24. The van der Waals surface area contributed by atoms with Gasteiger partial charge in [0.05, 0.1) is 6.10 Å². The Morgan fingerprint density at radius 2 is 2.07 bits per heavy atom. The van der Waals surface area contributed by atoms with E-state index in [1.54, 1.807) is 0 Å². The van der Waals surface area contributed by atoms with Gasteiger partial charge in [0, 0.05) is 0 Å². The molecule has 2 fully saturated rings. The molecule has 1 heterocycles. The zero-order chi connectivity index (χ0) is 11.1. The van der Waals surface area contributed by atoms with Crippen molar-refractivity contribution in [2.75, 3.05) is 0 Å². The van der Waals surface area contributed by atoms with Crippen LogP contribution < -0.4 is 5.32 Å². The summed E-state index contributed by atoms with van der Waals surface area (Å²) in [6.07, 6.45) is 2.23. The summed E-state index contributed by atoms with van der Waals surface area (Å²) < 4.78 is 5.37. The van der Waals surface area contributed by atoms with Gasteiger partial charge in [-0.15, -0.1) is 0 Å². The number of amides is 1. The minimum Gasteiger partial charge on any atom is -0.480 e. The van der Waals surface area contributed by atoms with Crippen LogP contribution in [0.1, 0.15) is 32.6 Å². The van der Waals surface area contributed by atoms with Crippen LogP contribution in [0.5, 0.6) is 0 Å². The Labute approximate surface area is 87.8 Å². The Hall–Kier alpha value is -1.10. The van der Waals surface area contributed by atoms with Crippen molar-refractivity contribution in [1.82, 2.24) is 5.32 Å². The van der Waals surface area contributed by atoms with Crippen molar-refractivity contribution in [2.45, 2.75) is 50.4 Å². The lowest BCUT2D eigenvalue weighted by molar-refractivity contribution is -0.145. The van der Waals surface area contributed by atoms with Gasteiger partial charge in [0.1, 0.15) is 11.6 Å². The zero-order valence-electron chi connectivity index (χ0n) is 8.66. The van der Waals surface area contributed by atoms with Gasteiger partial charge in [-0.1, -0.05) is 0 Å². The molecule has 5 heteroatoms. The predicted octanol–water partition coefficient (Wildman–Crippen LogP) is 0.287. The number of carboxylic acid groups (broad SMARTS) is 1. The number of nitrogens with one attached hydrogen (secondary N) is 1. The van der Waals surface area contributed by atoms with E-state index in [4.69, 9.17) is 9.84 Å². The topological polar surface area (TPSA) is 75.6 Å². The molecule has 0 aromatic carbocycles. The highest BCUT2D eigenvalue weighted by Gasteiger charge is 2.52. The molecule has 0 radical (unpaired) electrons. The van der Waals surface area contributed by atoms with E-state index in [-0.39, 0.29) is 12.0 Å². The van der Waals surface area contributed by atoms with Crippen molar-refractivity contribution in [2.24, 2.45) is 0 Å². The number of carboxylic acids is 1. The molecule has 1 aliphatic heterocycles. The molecule has 5 nitrogen and oxygen atoms in total. The molecule has 2 rings (SSSR count). The molecule has 1 amide bonds. The molecular weight excluding hydrogens is 198 g/mol. The number of rotatable bonds is 3. The number of aliphatic carboxylic acids is 1. The third kappa shape index (κ3) is 1.97. The first kappa shape index (κ1) is 10.4.